The summed E-state index contributed by atoms with van der Waals surface area (Å²) in [5, 5.41) is 2.53. The molecule has 264 valence electrons. The van der Waals surface area contributed by atoms with Crippen LogP contribution in [0.25, 0.3) is 72.0 Å². The molecular formula is C54H38N2. The Bertz CT molecular complexity index is 2870. The molecule has 1 heterocycles. The van der Waals surface area contributed by atoms with E-state index in [-0.39, 0.29) is 0 Å². The summed E-state index contributed by atoms with van der Waals surface area (Å²) in [6, 6.07) is 83.0. The molecule has 0 spiro atoms. The molecular weight excluding hydrogens is 677 g/mol. The Kier molecular flexibility index (Phi) is 8.55. The standard InChI is InChI=1S/C54H38N2/c1-3-15-39(16-4-1)40-27-29-41(30-28-40)42-31-35-45(36-32-42)55(51-23-11-7-19-47(51)43-17-5-2-6-18-43)52-24-12-8-20-48(52)44-33-37-46(38-34-44)56-53-25-13-9-21-49(53)50-22-10-14-26-54(50)56/h1-38H. The van der Waals surface area contributed by atoms with Gasteiger partial charge in [0, 0.05) is 33.3 Å². The molecule has 9 aromatic carbocycles. The molecule has 0 bridgehead atoms. The van der Waals surface area contributed by atoms with Gasteiger partial charge in [-0.25, -0.2) is 0 Å². The zero-order chi connectivity index (χ0) is 37.3. The molecule has 0 aliphatic rings. The summed E-state index contributed by atoms with van der Waals surface area (Å²) >= 11 is 0. The molecule has 2 heteroatoms. The number of para-hydroxylation sites is 4. The highest BCUT2D eigenvalue weighted by Crippen LogP contribution is 2.45. The minimum absolute atomic E-state index is 1.09. The summed E-state index contributed by atoms with van der Waals surface area (Å²) in [5.74, 6) is 0. The summed E-state index contributed by atoms with van der Waals surface area (Å²) in [6.45, 7) is 0. The molecule has 2 nitrogen and oxygen atoms in total. The van der Waals surface area contributed by atoms with E-state index >= 15 is 0 Å². The smallest absolute Gasteiger partial charge is 0.0541 e. The Morgan fingerprint density at radius 3 is 1.14 bits per heavy atom. The third-order valence-electron chi connectivity index (χ3n) is 10.8. The van der Waals surface area contributed by atoms with Crippen molar-refractivity contribution in [3.8, 4) is 50.2 Å². The van der Waals surface area contributed by atoms with Crippen LogP contribution in [0.5, 0.6) is 0 Å². The van der Waals surface area contributed by atoms with Crippen LogP contribution in [0, 0.1) is 0 Å². The molecule has 0 saturated heterocycles. The van der Waals surface area contributed by atoms with Gasteiger partial charge in [0.2, 0.25) is 0 Å². The Balaban J connectivity index is 1.07. The van der Waals surface area contributed by atoms with Gasteiger partial charge in [-0.1, -0.05) is 182 Å². The second kappa shape index (κ2) is 14.4. The second-order valence-electron chi connectivity index (χ2n) is 14.1. The number of aromatic nitrogens is 1. The quantitative estimate of drug-likeness (QED) is 0.152. The Labute approximate surface area is 327 Å². The minimum Gasteiger partial charge on any atom is -0.309 e. The lowest BCUT2D eigenvalue weighted by atomic mass is 9.97. The zero-order valence-electron chi connectivity index (χ0n) is 30.8. The van der Waals surface area contributed by atoms with Crippen molar-refractivity contribution < 1.29 is 0 Å². The number of hydrogen-bond acceptors (Lipinski definition) is 1. The lowest BCUT2D eigenvalue weighted by molar-refractivity contribution is 1.18. The van der Waals surface area contributed by atoms with Gasteiger partial charge in [0.25, 0.3) is 0 Å². The highest BCUT2D eigenvalue weighted by Gasteiger charge is 2.21. The molecule has 0 radical (unpaired) electrons. The van der Waals surface area contributed by atoms with Crippen molar-refractivity contribution in [1.82, 2.24) is 4.57 Å². The molecule has 0 saturated carbocycles. The monoisotopic (exact) mass is 714 g/mol. The first-order valence-electron chi connectivity index (χ1n) is 19.2. The molecule has 56 heavy (non-hydrogen) atoms. The van der Waals surface area contributed by atoms with Crippen molar-refractivity contribution >= 4 is 38.9 Å². The first kappa shape index (κ1) is 33.2. The van der Waals surface area contributed by atoms with Gasteiger partial charge in [-0.05, 0) is 81.9 Å². The van der Waals surface area contributed by atoms with E-state index in [1.54, 1.807) is 0 Å². The van der Waals surface area contributed by atoms with E-state index in [9.17, 15) is 0 Å². The van der Waals surface area contributed by atoms with Crippen LogP contribution in [-0.2, 0) is 0 Å². The average Bonchev–Trinajstić information content (AvgIpc) is 3.62. The van der Waals surface area contributed by atoms with Gasteiger partial charge < -0.3 is 9.47 Å². The van der Waals surface area contributed by atoms with Crippen molar-refractivity contribution in [1.29, 1.82) is 0 Å². The van der Waals surface area contributed by atoms with Crippen molar-refractivity contribution in [3.63, 3.8) is 0 Å². The minimum atomic E-state index is 1.09. The van der Waals surface area contributed by atoms with Gasteiger partial charge in [0.15, 0.2) is 0 Å². The second-order valence-corrected chi connectivity index (χ2v) is 14.1. The maximum absolute atomic E-state index is 2.42. The lowest BCUT2D eigenvalue weighted by Gasteiger charge is -2.30. The Morgan fingerprint density at radius 2 is 0.625 bits per heavy atom. The van der Waals surface area contributed by atoms with Crippen LogP contribution in [0.15, 0.2) is 231 Å². The third kappa shape index (κ3) is 6.04. The van der Waals surface area contributed by atoms with Gasteiger partial charge in [-0.2, -0.15) is 0 Å². The van der Waals surface area contributed by atoms with Gasteiger partial charge >= 0.3 is 0 Å². The van der Waals surface area contributed by atoms with Crippen molar-refractivity contribution in [2.75, 3.05) is 4.90 Å². The van der Waals surface area contributed by atoms with E-state index < -0.39 is 0 Å². The number of benzene rings is 9. The summed E-state index contributed by atoms with van der Waals surface area (Å²) < 4.78 is 2.37. The molecule has 1 aromatic heterocycles. The number of nitrogens with zero attached hydrogens (tertiary/aromatic N) is 2. The van der Waals surface area contributed by atoms with E-state index in [4.69, 9.17) is 0 Å². The number of fused-ring (bicyclic) bond motifs is 3. The summed E-state index contributed by atoms with van der Waals surface area (Å²) in [5.41, 5.74) is 16.4. The molecule has 0 unspecified atom stereocenters. The molecule has 0 aliphatic heterocycles. The van der Waals surface area contributed by atoms with E-state index in [2.05, 4.69) is 240 Å². The van der Waals surface area contributed by atoms with Gasteiger partial charge in [0.1, 0.15) is 0 Å². The zero-order valence-corrected chi connectivity index (χ0v) is 30.8. The Morgan fingerprint density at radius 1 is 0.268 bits per heavy atom. The van der Waals surface area contributed by atoms with Crippen LogP contribution >= 0.6 is 0 Å². The van der Waals surface area contributed by atoms with Crippen LogP contribution in [0.4, 0.5) is 17.1 Å². The predicted octanol–water partition coefficient (Wildman–Crippen LogP) is 14.9. The number of hydrogen-bond donors (Lipinski definition) is 0. The summed E-state index contributed by atoms with van der Waals surface area (Å²) in [6.07, 6.45) is 0. The molecule has 10 aromatic rings. The molecule has 0 aliphatic carbocycles. The van der Waals surface area contributed by atoms with Crippen molar-refractivity contribution in [3.05, 3.63) is 231 Å². The maximum Gasteiger partial charge on any atom is 0.0541 e. The highest BCUT2D eigenvalue weighted by atomic mass is 15.1. The average molecular weight is 715 g/mol. The first-order valence-corrected chi connectivity index (χ1v) is 19.2. The van der Waals surface area contributed by atoms with Crippen LogP contribution < -0.4 is 4.90 Å². The van der Waals surface area contributed by atoms with Gasteiger partial charge in [-0.3, -0.25) is 0 Å². The maximum atomic E-state index is 2.42. The first-order chi connectivity index (χ1) is 27.8. The SMILES string of the molecule is c1ccc(-c2ccc(-c3ccc(N(c4ccccc4-c4ccccc4)c4ccccc4-c4ccc(-n5c6ccccc6c6ccccc65)cc4)cc3)cc2)cc1. The summed E-state index contributed by atoms with van der Waals surface area (Å²) in [4.78, 5) is 2.42. The van der Waals surface area contributed by atoms with Gasteiger partial charge in [0.05, 0.1) is 22.4 Å². The molecule has 0 N–H and O–H groups in total. The lowest BCUT2D eigenvalue weighted by Crippen LogP contribution is -2.12. The van der Waals surface area contributed by atoms with E-state index in [0.29, 0.717) is 0 Å². The normalized spacial score (nSPS) is 11.2. The fraction of sp³-hybridized carbons (Fsp3) is 0. The molecule has 0 fully saturated rings. The van der Waals surface area contributed by atoms with Crippen LogP contribution in [-0.4, -0.2) is 4.57 Å². The molecule has 0 atom stereocenters. The van der Waals surface area contributed by atoms with Crippen LogP contribution in [0.2, 0.25) is 0 Å². The van der Waals surface area contributed by atoms with Gasteiger partial charge in [-0.15, -0.1) is 0 Å². The largest absolute Gasteiger partial charge is 0.309 e. The summed E-state index contributed by atoms with van der Waals surface area (Å²) in [7, 11) is 0. The third-order valence-corrected chi connectivity index (χ3v) is 10.8. The van der Waals surface area contributed by atoms with Crippen LogP contribution in [0.3, 0.4) is 0 Å². The number of rotatable bonds is 8. The highest BCUT2D eigenvalue weighted by molar-refractivity contribution is 6.09. The van der Waals surface area contributed by atoms with E-state index in [0.717, 1.165) is 33.9 Å². The van der Waals surface area contributed by atoms with E-state index in [1.807, 2.05) is 0 Å². The predicted molar refractivity (Wildman–Crippen MR) is 237 cm³/mol. The Hall–Kier alpha value is -7.42. The topological polar surface area (TPSA) is 8.17 Å². The fourth-order valence-electron chi connectivity index (χ4n) is 8.13. The molecule has 10 rings (SSSR count). The van der Waals surface area contributed by atoms with E-state index in [1.165, 1.54) is 55.2 Å². The van der Waals surface area contributed by atoms with Crippen molar-refractivity contribution in [2.45, 2.75) is 0 Å². The number of anilines is 3. The van der Waals surface area contributed by atoms with Crippen LogP contribution in [0.1, 0.15) is 0 Å². The van der Waals surface area contributed by atoms with Crippen molar-refractivity contribution in [2.24, 2.45) is 0 Å². The molecule has 0 amide bonds. The fourth-order valence-corrected chi connectivity index (χ4v) is 8.13.